The number of carbonyl (C=O) groups is 1. The van der Waals surface area contributed by atoms with Crippen LogP contribution in [0.15, 0.2) is 23.0 Å². The van der Waals surface area contributed by atoms with Crippen molar-refractivity contribution in [2.24, 2.45) is 0 Å². The number of aromatic hydroxyl groups is 1. The minimum Gasteiger partial charge on any atom is -0.508 e. The number of hydrogen-bond donors (Lipinski definition) is 2. The van der Waals surface area contributed by atoms with E-state index < -0.39 is 17.3 Å². The molecule has 0 aliphatic carbocycles. The van der Waals surface area contributed by atoms with Crippen molar-refractivity contribution in [3.63, 3.8) is 0 Å². The lowest BCUT2D eigenvalue weighted by atomic mass is 10.2. The average molecular weight is 250 g/mol. The monoisotopic (exact) mass is 250 g/mol. The molecule has 2 aromatic rings. The van der Waals surface area contributed by atoms with Gasteiger partial charge in [0.25, 0.3) is 5.56 Å². The second-order valence-electron chi connectivity index (χ2n) is 4.96. The molecule has 0 aliphatic rings. The van der Waals surface area contributed by atoms with E-state index in [0.29, 0.717) is 5.52 Å². The smallest absolute Gasteiger partial charge is 0.434 e. The van der Waals surface area contributed by atoms with Crippen molar-refractivity contribution in [1.29, 1.82) is 0 Å². The average Bonchev–Trinajstić information content (AvgIpc) is 2.54. The Hall–Kier alpha value is -2.24. The molecule has 2 N–H and O–H groups in total. The van der Waals surface area contributed by atoms with Gasteiger partial charge in [-0.05, 0) is 39.0 Å². The summed E-state index contributed by atoms with van der Waals surface area (Å²) in [6.07, 6.45) is -0.666. The maximum atomic E-state index is 11.9. The fraction of sp³-hybridized carbons (Fsp3) is 0.333. The van der Waals surface area contributed by atoms with Crippen LogP contribution in [-0.4, -0.2) is 26.6 Å². The van der Waals surface area contributed by atoms with Crippen LogP contribution in [-0.2, 0) is 4.74 Å². The summed E-state index contributed by atoms with van der Waals surface area (Å²) < 4.78 is 6.20. The maximum Gasteiger partial charge on any atom is 0.434 e. The van der Waals surface area contributed by atoms with Crippen LogP contribution in [0.1, 0.15) is 20.8 Å². The van der Waals surface area contributed by atoms with E-state index in [2.05, 4.69) is 5.10 Å². The van der Waals surface area contributed by atoms with Crippen LogP contribution in [0.2, 0.25) is 0 Å². The van der Waals surface area contributed by atoms with Crippen LogP contribution >= 0.6 is 0 Å². The van der Waals surface area contributed by atoms with Gasteiger partial charge in [-0.15, -0.1) is 0 Å². The van der Waals surface area contributed by atoms with Gasteiger partial charge in [0, 0.05) is 0 Å². The first kappa shape index (κ1) is 12.2. The number of aromatic amines is 1. The number of fused-ring (bicyclic) bond motifs is 1. The van der Waals surface area contributed by atoms with Crippen LogP contribution in [0, 0.1) is 0 Å². The van der Waals surface area contributed by atoms with E-state index in [9.17, 15) is 14.7 Å². The molecular formula is C12H14N2O4. The van der Waals surface area contributed by atoms with Gasteiger partial charge in [0.1, 0.15) is 11.4 Å². The van der Waals surface area contributed by atoms with Gasteiger partial charge in [-0.1, -0.05) is 0 Å². The normalized spacial score (nSPS) is 11.7. The highest BCUT2D eigenvalue weighted by Crippen LogP contribution is 2.18. The second-order valence-corrected chi connectivity index (χ2v) is 4.96. The molecule has 0 saturated carbocycles. The molecule has 0 unspecified atom stereocenters. The fourth-order valence-electron chi connectivity index (χ4n) is 1.57. The van der Waals surface area contributed by atoms with E-state index in [-0.39, 0.29) is 11.1 Å². The molecule has 96 valence electrons. The zero-order valence-corrected chi connectivity index (χ0v) is 10.4. The number of ether oxygens (including phenoxy) is 1. The number of hydrogen-bond acceptors (Lipinski definition) is 4. The van der Waals surface area contributed by atoms with Crippen molar-refractivity contribution >= 4 is 17.0 Å². The number of nitrogens with one attached hydrogen (secondary N) is 1. The lowest BCUT2D eigenvalue weighted by molar-refractivity contribution is 0.0522. The Balaban J connectivity index is 2.53. The van der Waals surface area contributed by atoms with Gasteiger partial charge in [-0.3, -0.25) is 9.89 Å². The summed E-state index contributed by atoms with van der Waals surface area (Å²) in [5.41, 5.74) is -0.736. The van der Waals surface area contributed by atoms with Gasteiger partial charge >= 0.3 is 6.09 Å². The van der Waals surface area contributed by atoms with E-state index in [1.54, 1.807) is 20.8 Å². The Kier molecular flexibility index (Phi) is 2.65. The number of benzene rings is 1. The molecule has 0 radical (unpaired) electrons. The summed E-state index contributed by atoms with van der Waals surface area (Å²) in [7, 11) is 0. The molecule has 0 atom stereocenters. The molecule has 6 heteroatoms. The number of phenolic OH excluding ortho intramolecular Hbond substituents is 1. The van der Waals surface area contributed by atoms with Crippen LogP contribution in [0.25, 0.3) is 10.9 Å². The molecule has 1 heterocycles. The predicted molar refractivity (Wildman–Crippen MR) is 65.9 cm³/mol. The molecule has 18 heavy (non-hydrogen) atoms. The molecule has 0 fully saturated rings. The first-order valence-corrected chi connectivity index (χ1v) is 5.45. The molecular weight excluding hydrogens is 236 g/mol. The van der Waals surface area contributed by atoms with E-state index in [1.807, 2.05) is 0 Å². The van der Waals surface area contributed by atoms with Crippen molar-refractivity contribution in [2.75, 3.05) is 0 Å². The Morgan fingerprint density at radius 1 is 1.39 bits per heavy atom. The number of H-pyrrole nitrogens is 1. The molecule has 0 amide bonds. The molecule has 2 rings (SSSR count). The zero-order valence-electron chi connectivity index (χ0n) is 10.4. The highest BCUT2D eigenvalue weighted by Gasteiger charge is 2.20. The summed E-state index contributed by atoms with van der Waals surface area (Å²) in [5, 5.41) is 11.9. The largest absolute Gasteiger partial charge is 0.508 e. The van der Waals surface area contributed by atoms with E-state index >= 15 is 0 Å². The van der Waals surface area contributed by atoms with Crippen LogP contribution in [0.5, 0.6) is 5.75 Å². The van der Waals surface area contributed by atoms with Crippen molar-refractivity contribution in [3.8, 4) is 5.75 Å². The standard InChI is InChI=1S/C12H14N2O4/c1-12(2,3)18-11(17)14-9-5-4-7(15)6-8(9)10(16)13-14/h4-6,15H,1-3H3,(H,13,16). The third kappa shape index (κ3) is 2.22. The number of carbonyl (C=O) groups excluding carboxylic acids is 1. The minimum atomic E-state index is -0.666. The van der Waals surface area contributed by atoms with Crippen molar-refractivity contribution in [2.45, 2.75) is 26.4 Å². The van der Waals surface area contributed by atoms with Gasteiger partial charge in [0.2, 0.25) is 0 Å². The van der Waals surface area contributed by atoms with E-state index in [0.717, 1.165) is 4.68 Å². The van der Waals surface area contributed by atoms with Crippen LogP contribution in [0.4, 0.5) is 4.79 Å². The number of aromatic nitrogens is 2. The Morgan fingerprint density at radius 2 is 2.06 bits per heavy atom. The molecule has 0 aliphatic heterocycles. The zero-order chi connectivity index (χ0) is 13.5. The van der Waals surface area contributed by atoms with Crippen LogP contribution in [0.3, 0.4) is 0 Å². The van der Waals surface area contributed by atoms with Gasteiger partial charge in [0.15, 0.2) is 0 Å². The van der Waals surface area contributed by atoms with Crippen molar-refractivity contribution in [1.82, 2.24) is 9.78 Å². The van der Waals surface area contributed by atoms with E-state index in [4.69, 9.17) is 4.74 Å². The topological polar surface area (TPSA) is 84.3 Å². The molecule has 6 nitrogen and oxygen atoms in total. The third-order valence-corrected chi connectivity index (χ3v) is 2.26. The molecule has 1 aromatic heterocycles. The summed E-state index contributed by atoms with van der Waals surface area (Å²) in [6.45, 7) is 5.21. The Labute approximate surface area is 103 Å². The van der Waals surface area contributed by atoms with Gasteiger partial charge in [0.05, 0.1) is 10.9 Å². The Bertz CT molecular complexity index is 661. The third-order valence-electron chi connectivity index (χ3n) is 2.26. The van der Waals surface area contributed by atoms with Gasteiger partial charge in [-0.2, -0.15) is 4.68 Å². The van der Waals surface area contributed by atoms with Gasteiger partial charge < -0.3 is 9.84 Å². The highest BCUT2D eigenvalue weighted by atomic mass is 16.6. The summed E-state index contributed by atoms with van der Waals surface area (Å²) in [5.74, 6) is -0.0325. The highest BCUT2D eigenvalue weighted by molar-refractivity contribution is 5.88. The second kappa shape index (κ2) is 3.90. The first-order valence-electron chi connectivity index (χ1n) is 5.45. The molecule has 1 aromatic carbocycles. The molecule has 0 spiro atoms. The van der Waals surface area contributed by atoms with Crippen molar-refractivity contribution < 1.29 is 14.6 Å². The SMILES string of the molecule is CC(C)(C)OC(=O)n1[nH]c(=O)c2cc(O)ccc21. The minimum absolute atomic E-state index is 0.0325. The quantitative estimate of drug-likeness (QED) is 0.746. The lowest BCUT2D eigenvalue weighted by Gasteiger charge is -2.19. The van der Waals surface area contributed by atoms with Crippen LogP contribution < -0.4 is 5.56 Å². The first-order chi connectivity index (χ1) is 8.28. The van der Waals surface area contributed by atoms with Gasteiger partial charge in [-0.25, -0.2) is 4.79 Å². The Morgan fingerprint density at radius 3 is 2.67 bits per heavy atom. The number of nitrogens with zero attached hydrogens (tertiary/aromatic N) is 1. The lowest BCUT2D eigenvalue weighted by Crippen LogP contribution is -2.28. The number of phenols is 1. The molecule has 0 saturated heterocycles. The summed E-state index contributed by atoms with van der Waals surface area (Å²) >= 11 is 0. The summed E-state index contributed by atoms with van der Waals surface area (Å²) in [6, 6.07) is 4.18. The predicted octanol–water partition coefficient (Wildman–Crippen LogP) is 1.82. The summed E-state index contributed by atoms with van der Waals surface area (Å²) in [4.78, 5) is 23.5. The van der Waals surface area contributed by atoms with Crippen molar-refractivity contribution in [3.05, 3.63) is 28.6 Å². The van der Waals surface area contributed by atoms with E-state index in [1.165, 1.54) is 18.2 Å². The number of rotatable bonds is 0. The maximum absolute atomic E-state index is 11.9. The molecule has 0 bridgehead atoms. The fourth-order valence-corrected chi connectivity index (χ4v) is 1.57.